The topological polar surface area (TPSA) is 117 Å². The minimum atomic E-state index is -4.37. The number of phosphoric acid groups is 2. The molecule has 11 heteroatoms. The molecular weight excluding hydrogens is 242 g/mol. The van der Waals surface area contributed by atoms with Crippen LogP contribution in [0.15, 0.2) is 0 Å². The normalized spacial score (nSPS) is 56.8. The van der Waals surface area contributed by atoms with Crippen molar-refractivity contribution in [2.45, 2.75) is 6.16 Å². The molecule has 64 valence electrons. The van der Waals surface area contributed by atoms with Crippen LogP contribution < -0.4 is 9.79 Å². The van der Waals surface area contributed by atoms with Crippen LogP contribution >= 0.6 is 15.6 Å². The summed E-state index contributed by atoms with van der Waals surface area (Å²) in [5, 5.41) is 0. The van der Waals surface area contributed by atoms with E-state index in [9.17, 15) is 18.9 Å². The maximum absolute atomic E-state index is 10.1. The number of hydrogen-bond donors (Lipinski definition) is 0. The summed E-state index contributed by atoms with van der Waals surface area (Å²) < 4.78 is 35.7. The summed E-state index contributed by atoms with van der Waals surface area (Å²) in [6.07, 6.45) is -2.34. The molecule has 0 aromatic rings. The van der Waals surface area contributed by atoms with Crippen molar-refractivity contribution in [1.82, 2.24) is 0 Å². The summed E-state index contributed by atoms with van der Waals surface area (Å²) in [4.78, 5) is 20.3. The minimum absolute atomic E-state index is 0. The zero-order valence-corrected chi connectivity index (χ0v) is 9.36. The Morgan fingerprint density at radius 2 is 1.17 bits per heavy atom. The molecule has 2 heterocycles. The monoisotopic (exact) mass is 242 g/mol. The molecule has 0 aromatic heterocycles. The first-order valence-corrected chi connectivity index (χ1v) is 5.20. The molecule has 0 bridgehead atoms. The van der Waals surface area contributed by atoms with Crippen LogP contribution in [0, 0.1) is 0 Å². The molecule has 0 atom stereocenters. The van der Waals surface area contributed by atoms with Gasteiger partial charge in [0.15, 0.2) is 0 Å². The Hall–Kier alpha value is 1.48. The van der Waals surface area contributed by atoms with Crippen molar-refractivity contribution in [3.8, 4) is 0 Å². The predicted octanol–water partition coefficient (Wildman–Crippen LogP) is -1.75. The van der Waals surface area contributed by atoms with Crippen molar-refractivity contribution >= 4 is 53.4 Å². The predicted molar refractivity (Wildman–Crippen MR) is 28.0 cm³/mol. The fourth-order valence-electron chi connectivity index (χ4n) is 0.628. The first-order valence-electron chi connectivity index (χ1n) is 2.28. The zero-order chi connectivity index (χ0) is 8.33. The van der Waals surface area contributed by atoms with Crippen LogP contribution in [0.5, 0.6) is 0 Å². The molecule has 2 fully saturated rings. The van der Waals surface area contributed by atoms with Crippen molar-refractivity contribution in [2.75, 3.05) is 0 Å². The van der Waals surface area contributed by atoms with E-state index in [0.29, 0.717) is 0 Å². The first kappa shape index (κ1) is 11.6. The second kappa shape index (κ2) is 2.98. The van der Waals surface area contributed by atoms with Crippen molar-refractivity contribution in [2.24, 2.45) is 0 Å². The maximum Gasteiger partial charge on any atom is 2.00 e. The Morgan fingerprint density at radius 1 is 0.917 bits per heavy atom. The molecule has 0 N–H and O–H groups in total. The summed E-state index contributed by atoms with van der Waals surface area (Å²) in [6, 6.07) is 0. The standard InChI is InChI=1S/CH2O8P2.Ca/c2-10(3)6-1(7-10)8-11(4,5)9-1;/h(H,2,3)(H,4,5);/q;+2/p-2. The third-order valence-electron chi connectivity index (χ3n) is 0.894. The Labute approximate surface area is 96.0 Å². The van der Waals surface area contributed by atoms with E-state index in [0.717, 1.165) is 0 Å². The maximum atomic E-state index is 10.1. The molecule has 0 unspecified atom stereocenters. The molecule has 2 aliphatic rings. The van der Waals surface area contributed by atoms with Gasteiger partial charge >= 0.3 is 43.9 Å². The van der Waals surface area contributed by atoms with E-state index >= 15 is 0 Å². The summed E-state index contributed by atoms with van der Waals surface area (Å²) in [6.45, 7) is 0. The zero-order valence-electron chi connectivity index (χ0n) is 5.37. The van der Waals surface area contributed by atoms with Gasteiger partial charge in [-0.25, -0.2) is 18.1 Å². The molecule has 2 rings (SSSR count). The van der Waals surface area contributed by atoms with E-state index in [1.807, 2.05) is 0 Å². The van der Waals surface area contributed by atoms with Gasteiger partial charge in [-0.1, -0.05) is 0 Å². The van der Waals surface area contributed by atoms with Crippen LogP contribution in [-0.2, 0) is 27.2 Å². The van der Waals surface area contributed by atoms with Gasteiger partial charge in [0.2, 0.25) is 0 Å². The molecule has 0 aromatic carbocycles. The average Bonchev–Trinajstić information content (AvgIpc) is 1.52. The van der Waals surface area contributed by atoms with Gasteiger partial charge in [0.1, 0.15) is 0 Å². The van der Waals surface area contributed by atoms with Crippen molar-refractivity contribution < 1.29 is 37.0 Å². The van der Waals surface area contributed by atoms with Crippen molar-refractivity contribution in [3.63, 3.8) is 0 Å². The second-order valence-electron chi connectivity index (χ2n) is 1.76. The van der Waals surface area contributed by atoms with Gasteiger partial charge in [0.05, 0.1) is 0 Å². The quantitative estimate of drug-likeness (QED) is 0.362. The van der Waals surface area contributed by atoms with Gasteiger partial charge in [-0.2, -0.15) is 0 Å². The summed E-state index contributed by atoms with van der Waals surface area (Å²) in [5.41, 5.74) is 0. The Bertz CT molecular complexity index is 244. The van der Waals surface area contributed by atoms with Gasteiger partial charge in [0, 0.05) is 0 Å². The summed E-state index contributed by atoms with van der Waals surface area (Å²) in [7, 11) is -8.74. The number of rotatable bonds is 0. The average molecular weight is 242 g/mol. The molecule has 0 radical (unpaired) electrons. The molecular formula is CCaO8P2. The van der Waals surface area contributed by atoms with E-state index in [1.165, 1.54) is 0 Å². The Morgan fingerprint density at radius 3 is 1.33 bits per heavy atom. The van der Waals surface area contributed by atoms with Gasteiger partial charge in [-0.15, -0.1) is 0 Å². The van der Waals surface area contributed by atoms with E-state index < -0.39 is 21.8 Å². The van der Waals surface area contributed by atoms with Crippen LogP contribution in [0.3, 0.4) is 0 Å². The molecule has 12 heavy (non-hydrogen) atoms. The van der Waals surface area contributed by atoms with Crippen LogP contribution in [0.4, 0.5) is 0 Å². The minimum Gasteiger partial charge on any atom is -0.756 e. The van der Waals surface area contributed by atoms with Gasteiger partial charge in [0.25, 0.3) is 15.6 Å². The molecule has 2 aliphatic heterocycles. The van der Waals surface area contributed by atoms with Crippen molar-refractivity contribution in [3.05, 3.63) is 0 Å². The molecule has 2 saturated heterocycles. The van der Waals surface area contributed by atoms with E-state index in [4.69, 9.17) is 0 Å². The second-order valence-corrected chi connectivity index (χ2v) is 4.28. The third kappa shape index (κ3) is 1.94. The molecule has 1 spiro atoms. The summed E-state index contributed by atoms with van der Waals surface area (Å²) >= 11 is 0. The van der Waals surface area contributed by atoms with E-state index in [2.05, 4.69) is 18.1 Å². The summed E-state index contributed by atoms with van der Waals surface area (Å²) in [5.74, 6) is 0. The van der Waals surface area contributed by atoms with E-state index in [1.54, 1.807) is 0 Å². The van der Waals surface area contributed by atoms with Gasteiger partial charge in [-0.3, -0.25) is 9.13 Å². The van der Waals surface area contributed by atoms with Gasteiger partial charge < -0.3 is 9.79 Å². The molecule has 0 amide bonds. The van der Waals surface area contributed by atoms with E-state index in [-0.39, 0.29) is 37.7 Å². The Balaban J connectivity index is 0.000000720. The Kier molecular flexibility index (Phi) is 2.87. The molecule has 0 aliphatic carbocycles. The number of phosphoric ester groups is 2. The molecule has 0 saturated carbocycles. The van der Waals surface area contributed by atoms with Gasteiger partial charge in [-0.05, 0) is 0 Å². The largest absolute Gasteiger partial charge is 2.00 e. The van der Waals surface area contributed by atoms with Crippen molar-refractivity contribution in [1.29, 1.82) is 0 Å². The smallest absolute Gasteiger partial charge is 0.756 e. The fourth-order valence-corrected chi connectivity index (χ4v) is 2.28. The molecule has 8 nitrogen and oxygen atoms in total. The number of hydrogen-bond acceptors (Lipinski definition) is 8. The third-order valence-corrected chi connectivity index (χ3v) is 2.68. The van der Waals surface area contributed by atoms with Crippen LogP contribution in [0.25, 0.3) is 0 Å². The SMILES string of the molecule is O=P1([O-])OC2(O1)OP(=O)([O-])O2.[Ca+2]. The van der Waals surface area contributed by atoms with Crippen LogP contribution in [0.2, 0.25) is 0 Å². The first-order chi connectivity index (χ1) is 4.83. The fraction of sp³-hybridized carbons (Fsp3) is 1.00. The van der Waals surface area contributed by atoms with Crippen LogP contribution in [0.1, 0.15) is 0 Å². The van der Waals surface area contributed by atoms with Crippen LogP contribution in [-0.4, -0.2) is 43.9 Å².